The molecular formula is C30H39ClN4O6. The van der Waals surface area contributed by atoms with Crippen LogP contribution in [0.2, 0.25) is 5.02 Å². The van der Waals surface area contributed by atoms with Crippen LogP contribution in [0.15, 0.2) is 48.5 Å². The van der Waals surface area contributed by atoms with Gasteiger partial charge in [0.1, 0.15) is 13.2 Å². The van der Waals surface area contributed by atoms with E-state index in [1.807, 2.05) is 37.3 Å². The molecule has 1 heterocycles. The minimum atomic E-state index is -1.06. The maximum absolute atomic E-state index is 13.6. The van der Waals surface area contributed by atoms with Crippen LogP contribution in [-0.2, 0) is 36.9 Å². The van der Waals surface area contributed by atoms with Crippen molar-refractivity contribution >= 4 is 41.6 Å². The molecule has 3 rings (SSSR count). The first kappa shape index (κ1) is 31.9. The molecule has 1 fully saturated rings. The lowest BCUT2D eigenvalue weighted by Crippen LogP contribution is -2.54. The zero-order chi connectivity index (χ0) is 30.0. The van der Waals surface area contributed by atoms with Crippen molar-refractivity contribution in [2.45, 2.75) is 59.1 Å². The van der Waals surface area contributed by atoms with E-state index in [1.54, 1.807) is 43.9 Å². The van der Waals surface area contributed by atoms with Gasteiger partial charge in [0.15, 0.2) is 0 Å². The molecule has 0 atom stereocenters. The molecule has 0 bridgehead atoms. The van der Waals surface area contributed by atoms with Gasteiger partial charge < -0.3 is 15.0 Å². The molecule has 1 aliphatic rings. The van der Waals surface area contributed by atoms with E-state index in [0.29, 0.717) is 17.1 Å². The number of hydroxylamine groups is 2. The highest BCUT2D eigenvalue weighted by atomic mass is 35.5. The molecule has 1 aliphatic heterocycles. The Bertz CT molecular complexity index is 1210. The molecule has 0 aromatic heterocycles. The highest BCUT2D eigenvalue weighted by Crippen LogP contribution is 2.33. The number of hydrogen-bond donors (Lipinski definition) is 2. The topological polar surface area (TPSA) is 117 Å². The average molecular weight is 587 g/mol. The summed E-state index contributed by atoms with van der Waals surface area (Å²) in [6.07, 6.45) is 1.20. The van der Waals surface area contributed by atoms with Gasteiger partial charge in [-0.15, -0.1) is 0 Å². The number of nitrogens with one attached hydrogen (secondary N) is 2. The number of hydrogen-bond acceptors (Lipinski definition) is 6. The molecule has 10 nitrogen and oxygen atoms in total. The number of halogens is 1. The third kappa shape index (κ3) is 9.47. The number of benzene rings is 2. The summed E-state index contributed by atoms with van der Waals surface area (Å²) in [7, 11) is 0. The van der Waals surface area contributed by atoms with Gasteiger partial charge >= 0.3 is 6.09 Å². The second-order valence-corrected chi connectivity index (χ2v) is 11.5. The van der Waals surface area contributed by atoms with Gasteiger partial charge in [-0.05, 0) is 69.4 Å². The molecular weight excluding hydrogens is 548 g/mol. The van der Waals surface area contributed by atoms with E-state index in [0.717, 1.165) is 22.6 Å². The summed E-state index contributed by atoms with van der Waals surface area (Å²) in [4.78, 5) is 57.7. The van der Waals surface area contributed by atoms with E-state index >= 15 is 0 Å². The lowest BCUT2D eigenvalue weighted by molar-refractivity contribution is -0.217. The number of carbonyl (C=O) groups is 4. The lowest BCUT2D eigenvalue weighted by atomic mass is 9.78. The summed E-state index contributed by atoms with van der Waals surface area (Å²) < 4.78 is 5.56. The second kappa shape index (κ2) is 14.3. The third-order valence-corrected chi connectivity index (χ3v) is 7.21. The predicted octanol–water partition coefficient (Wildman–Crippen LogP) is 4.56. The molecule has 2 aromatic rings. The van der Waals surface area contributed by atoms with Gasteiger partial charge in [0.2, 0.25) is 18.2 Å². The van der Waals surface area contributed by atoms with Crippen molar-refractivity contribution in [2.75, 3.05) is 31.6 Å². The first-order valence-electron chi connectivity index (χ1n) is 13.7. The van der Waals surface area contributed by atoms with Crippen molar-refractivity contribution in [1.82, 2.24) is 15.3 Å². The number of nitrogens with zero attached hydrogens (tertiary/aromatic N) is 2. The molecule has 1 saturated heterocycles. The van der Waals surface area contributed by atoms with Crippen molar-refractivity contribution < 1.29 is 28.8 Å². The van der Waals surface area contributed by atoms with Crippen LogP contribution in [-0.4, -0.2) is 66.1 Å². The van der Waals surface area contributed by atoms with Crippen LogP contribution in [0, 0.1) is 5.41 Å². The smallest absolute Gasteiger partial charge is 0.411 e. The van der Waals surface area contributed by atoms with Crippen molar-refractivity contribution in [2.24, 2.45) is 5.41 Å². The molecule has 41 heavy (non-hydrogen) atoms. The van der Waals surface area contributed by atoms with Crippen molar-refractivity contribution in [1.29, 1.82) is 0 Å². The average Bonchev–Trinajstić information content (AvgIpc) is 2.95. The minimum Gasteiger partial charge on any atom is -0.448 e. The maximum Gasteiger partial charge on any atom is 0.411 e. The third-order valence-electron chi connectivity index (χ3n) is 6.84. The highest BCUT2D eigenvalue weighted by molar-refractivity contribution is 6.31. The Morgan fingerprint density at radius 3 is 2.32 bits per heavy atom. The molecule has 2 N–H and O–H groups in total. The Labute approximate surface area is 246 Å². The molecule has 0 unspecified atom stereocenters. The lowest BCUT2D eigenvalue weighted by Gasteiger charge is -2.40. The predicted molar refractivity (Wildman–Crippen MR) is 156 cm³/mol. The molecule has 4 amide bonds. The second-order valence-electron chi connectivity index (χ2n) is 11.1. The first-order valence-corrected chi connectivity index (χ1v) is 14.1. The first-order chi connectivity index (χ1) is 19.4. The standard InChI is InChI=1S/C30H39ClN4O6/c1-5-22-10-12-24(13-11-22)33-28(39)40-20-30(27(38)32-18-23-8-6-7-9-25(23)31)14-16-34(17-15-30)26(37)19-35(21-36)41-29(2,3)4/h6-13,21H,5,14-20H2,1-4H3,(H,32,38)(H,33,39). The van der Waals surface area contributed by atoms with Crippen molar-refractivity contribution in [3.63, 3.8) is 0 Å². The number of rotatable bonds is 11. The number of likely N-dealkylation sites (tertiary alicyclic amines) is 1. The van der Waals surface area contributed by atoms with Gasteiger partial charge in [0, 0.05) is 30.3 Å². The summed E-state index contributed by atoms with van der Waals surface area (Å²) in [6.45, 7) is 7.65. The largest absolute Gasteiger partial charge is 0.448 e. The van der Waals surface area contributed by atoms with Gasteiger partial charge in [-0.25, -0.2) is 9.86 Å². The molecule has 222 valence electrons. The number of carbonyl (C=O) groups excluding carboxylic acids is 4. The fraction of sp³-hybridized carbons (Fsp3) is 0.467. The van der Waals surface area contributed by atoms with Crippen LogP contribution in [0.1, 0.15) is 51.7 Å². The van der Waals surface area contributed by atoms with E-state index in [1.165, 1.54) is 0 Å². The monoisotopic (exact) mass is 586 g/mol. The van der Waals surface area contributed by atoms with Crippen LogP contribution >= 0.6 is 11.6 Å². The highest BCUT2D eigenvalue weighted by Gasteiger charge is 2.43. The molecule has 11 heteroatoms. The maximum atomic E-state index is 13.6. The summed E-state index contributed by atoms with van der Waals surface area (Å²) in [6, 6.07) is 14.6. The number of amides is 4. The fourth-order valence-corrected chi connectivity index (χ4v) is 4.69. The van der Waals surface area contributed by atoms with Gasteiger partial charge in [-0.2, -0.15) is 0 Å². The molecule has 0 aliphatic carbocycles. The van der Waals surface area contributed by atoms with E-state index in [9.17, 15) is 19.2 Å². The Balaban J connectivity index is 1.67. The summed E-state index contributed by atoms with van der Waals surface area (Å²) in [5, 5.41) is 7.14. The Morgan fingerprint density at radius 1 is 1.07 bits per heavy atom. The van der Waals surface area contributed by atoms with Crippen LogP contribution in [0.25, 0.3) is 0 Å². The molecule has 0 radical (unpaired) electrons. The molecule has 2 aromatic carbocycles. The Morgan fingerprint density at radius 2 is 1.73 bits per heavy atom. The molecule has 0 saturated carbocycles. The summed E-state index contributed by atoms with van der Waals surface area (Å²) in [5.74, 6) is -0.601. The van der Waals surface area contributed by atoms with Crippen LogP contribution in [0.4, 0.5) is 10.5 Å². The number of piperidine rings is 1. The van der Waals surface area contributed by atoms with Crippen LogP contribution in [0.5, 0.6) is 0 Å². The Kier molecular flexibility index (Phi) is 11.1. The van der Waals surface area contributed by atoms with E-state index in [2.05, 4.69) is 10.6 Å². The van der Waals surface area contributed by atoms with Gasteiger partial charge in [0.25, 0.3) is 0 Å². The Hall–Kier alpha value is -3.63. The van der Waals surface area contributed by atoms with E-state index in [4.69, 9.17) is 21.2 Å². The number of ether oxygens (including phenoxy) is 1. The van der Waals surface area contributed by atoms with E-state index in [-0.39, 0.29) is 57.4 Å². The zero-order valence-corrected chi connectivity index (χ0v) is 24.8. The van der Waals surface area contributed by atoms with E-state index < -0.39 is 17.1 Å². The van der Waals surface area contributed by atoms with Gasteiger partial charge in [-0.3, -0.25) is 24.5 Å². The van der Waals surface area contributed by atoms with Crippen LogP contribution < -0.4 is 10.6 Å². The van der Waals surface area contributed by atoms with Gasteiger partial charge in [-0.1, -0.05) is 48.9 Å². The van der Waals surface area contributed by atoms with Gasteiger partial charge in [0.05, 0.1) is 11.0 Å². The minimum absolute atomic E-state index is 0.171. The quantitative estimate of drug-likeness (QED) is 0.294. The summed E-state index contributed by atoms with van der Waals surface area (Å²) >= 11 is 6.26. The number of aryl methyl sites for hydroxylation is 1. The van der Waals surface area contributed by atoms with Crippen LogP contribution in [0.3, 0.4) is 0 Å². The SMILES string of the molecule is CCc1ccc(NC(=O)OCC2(C(=O)NCc3ccccc3Cl)CCN(C(=O)CN(C=O)OC(C)(C)C)CC2)cc1. The van der Waals surface area contributed by atoms with Crippen molar-refractivity contribution in [3.05, 3.63) is 64.7 Å². The number of anilines is 1. The normalized spacial score (nSPS) is 14.6. The fourth-order valence-electron chi connectivity index (χ4n) is 4.48. The zero-order valence-electron chi connectivity index (χ0n) is 24.1. The molecule has 0 spiro atoms. The van der Waals surface area contributed by atoms with Crippen molar-refractivity contribution in [3.8, 4) is 0 Å². The summed E-state index contributed by atoms with van der Waals surface area (Å²) in [5.41, 5.74) is 0.775.